The number of ether oxygens (including phenoxy) is 1. The van der Waals surface area contributed by atoms with Gasteiger partial charge in [-0.1, -0.05) is 6.07 Å². The highest BCUT2D eigenvalue weighted by atomic mass is 32.1. The molecule has 0 unspecified atom stereocenters. The van der Waals surface area contributed by atoms with Gasteiger partial charge >= 0.3 is 0 Å². The zero-order valence-corrected chi connectivity index (χ0v) is 15.3. The Kier molecular flexibility index (Phi) is 6.32. The monoisotopic (exact) mass is 376 g/mol. The number of benzene rings is 1. The van der Waals surface area contributed by atoms with Crippen LogP contribution in [0.4, 0.5) is 4.39 Å². The molecule has 8 heteroatoms. The van der Waals surface area contributed by atoms with E-state index < -0.39 is 0 Å². The number of rotatable bonds is 5. The predicted octanol–water partition coefficient (Wildman–Crippen LogP) is 2.35. The molecule has 1 fully saturated rings. The van der Waals surface area contributed by atoms with Gasteiger partial charge in [-0.3, -0.25) is 10.3 Å². The van der Waals surface area contributed by atoms with Crippen LogP contribution in [0.15, 0.2) is 39.9 Å². The Balaban J connectivity index is 1.72. The summed E-state index contributed by atoms with van der Waals surface area (Å²) in [6.07, 6.45) is 1.49. The van der Waals surface area contributed by atoms with E-state index in [1.807, 2.05) is 12.1 Å². The second kappa shape index (κ2) is 8.88. The van der Waals surface area contributed by atoms with Crippen LogP contribution in [0.2, 0.25) is 0 Å². The quantitative estimate of drug-likeness (QED) is 0.475. The third kappa shape index (κ3) is 4.87. The molecule has 1 aliphatic heterocycles. The van der Waals surface area contributed by atoms with Crippen LogP contribution in [0.1, 0.15) is 11.3 Å². The smallest absolute Gasteiger partial charge is 0.186 e. The molecule has 0 bridgehead atoms. The summed E-state index contributed by atoms with van der Waals surface area (Å²) >= 11 is 4.92. The highest BCUT2D eigenvalue weighted by Gasteiger charge is 2.14. The number of nitrogens with zero attached hydrogens (tertiary/aromatic N) is 2. The second-order valence-corrected chi connectivity index (χ2v) is 6.26. The average molecular weight is 376 g/mol. The molecule has 0 amide bonds. The van der Waals surface area contributed by atoms with Gasteiger partial charge in [0, 0.05) is 26.7 Å². The van der Waals surface area contributed by atoms with Crippen LogP contribution in [0.3, 0.4) is 0 Å². The van der Waals surface area contributed by atoms with Gasteiger partial charge in [-0.2, -0.15) is 5.10 Å². The minimum Gasteiger partial charge on any atom is -0.455 e. The number of morpholine rings is 1. The zero-order chi connectivity index (χ0) is 18.4. The van der Waals surface area contributed by atoms with E-state index >= 15 is 0 Å². The van der Waals surface area contributed by atoms with Gasteiger partial charge in [-0.25, -0.2) is 4.39 Å². The third-order valence-electron chi connectivity index (χ3n) is 4.02. The van der Waals surface area contributed by atoms with Crippen LogP contribution in [-0.2, 0) is 11.3 Å². The van der Waals surface area contributed by atoms with Crippen molar-refractivity contribution in [2.24, 2.45) is 5.10 Å². The summed E-state index contributed by atoms with van der Waals surface area (Å²) in [4.78, 5) is 2.29. The Bertz CT molecular complexity index is 787. The predicted molar refractivity (Wildman–Crippen MR) is 103 cm³/mol. The van der Waals surface area contributed by atoms with Gasteiger partial charge < -0.3 is 14.5 Å². The highest BCUT2D eigenvalue weighted by Crippen LogP contribution is 2.26. The fourth-order valence-electron chi connectivity index (χ4n) is 2.65. The maximum absolute atomic E-state index is 14.3. The number of halogens is 1. The minimum absolute atomic E-state index is 0.317. The Morgan fingerprint density at radius 2 is 2.12 bits per heavy atom. The van der Waals surface area contributed by atoms with E-state index in [0.29, 0.717) is 22.2 Å². The van der Waals surface area contributed by atoms with Crippen molar-refractivity contribution >= 4 is 23.5 Å². The number of nitrogens with one attached hydrogen (secondary N) is 2. The normalized spacial score (nSPS) is 15.3. The fraction of sp³-hybridized carbons (Fsp3) is 0.333. The lowest BCUT2D eigenvalue weighted by molar-refractivity contribution is 0.0342. The minimum atomic E-state index is -0.317. The van der Waals surface area contributed by atoms with Crippen molar-refractivity contribution in [1.29, 1.82) is 0 Å². The number of furan rings is 1. The zero-order valence-electron chi connectivity index (χ0n) is 14.5. The molecule has 3 rings (SSSR count). The molecule has 0 aliphatic carbocycles. The van der Waals surface area contributed by atoms with Gasteiger partial charge in [0.15, 0.2) is 5.11 Å². The topological polar surface area (TPSA) is 62.0 Å². The van der Waals surface area contributed by atoms with Crippen LogP contribution < -0.4 is 10.7 Å². The first-order valence-corrected chi connectivity index (χ1v) is 8.76. The molecule has 6 nitrogen and oxygen atoms in total. The van der Waals surface area contributed by atoms with Gasteiger partial charge in [0.05, 0.1) is 25.0 Å². The highest BCUT2D eigenvalue weighted by molar-refractivity contribution is 7.80. The molecule has 1 aromatic carbocycles. The van der Waals surface area contributed by atoms with E-state index in [0.717, 1.165) is 38.4 Å². The Morgan fingerprint density at radius 1 is 1.31 bits per heavy atom. The molecule has 26 heavy (non-hydrogen) atoms. The molecule has 0 atom stereocenters. The Labute approximate surface area is 157 Å². The number of thiocarbonyl (C=S) groups is 1. The Hall–Kier alpha value is -2.29. The summed E-state index contributed by atoms with van der Waals surface area (Å²) in [6.45, 7) is 4.00. The van der Waals surface area contributed by atoms with E-state index in [1.165, 1.54) is 12.3 Å². The largest absolute Gasteiger partial charge is 0.455 e. The first-order chi connectivity index (χ1) is 12.7. The lowest BCUT2D eigenvalue weighted by atomic mass is 10.1. The number of hydrogen-bond donors (Lipinski definition) is 2. The van der Waals surface area contributed by atoms with Gasteiger partial charge in [0.1, 0.15) is 17.3 Å². The molecule has 1 saturated heterocycles. The summed E-state index contributed by atoms with van der Waals surface area (Å²) in [5.74, 6) is 0.649. The molecule has 1 aliphatic rings. The molecule has 0 saturated carbocycles. The first-order valence-electron chi connectivity index (χ1n) is 8.35. The van der Waals surface area contributed by atoms with E-state index in [9.17, 15) is 4.39 Å². The molecule has 0 radical (unpaired) electrons. The van der Waals surface area contributed by atoms with Gasteiger partial charge in [0.2, 0.25) is 0 Å². The molecule has 0 spiro atoms. The van der Waals surface area contributed by atoms with Crippen molar-refractivity contribution in [1.82, 2.24) is 15.6 Å². The molecule has 2 heterocycles. The molecular weight excluding hydrogens is 355 g/mol. The third-order valence-corrected chi connectivity index (χ3v) is 4.31. The van der Waals surface area contributed by atoms with E-state index in [4.69, 9.17) is 21.4 Å². The van der Waals surface area contributed by atoms with Crippen molar-refractivity contribution < 1.29 is 13.5 Å². The SMILES string of the molecule is CNC(=S)NN=Cc1ccc(-c2cc(CN3CCOCC3)ccc2F)o1. The standard InChI is InChI=1S/C18H21FN4O2S/c1-20-18(26)22-21-11-14-3-5-17(25-14)15-10-13(2-4-16(15)19)12-23-6-8-24-9-7-23/h2-5,10-11H,6-9,12H2,1H3,(H2,20,22,26). The summed E-state index contributed by atoms with van der Waals surface area (Å²) in [5.41, 5.74) is 4.11. The number of hydrogen-bond acceptors (Lipinski definition) is 5. The lowest BCUT2D eigenvalue weighted by Gasteiger charge is -2.26. The fourth-order valence-corrected chi connectivity index (χ4v) is 2.71. The van der Waals surface area contributed by atoms with Crippen molar-refractivity contribution in [3.8, 4) is 11.3 Å². The summed E-state index contributed by atoms with van der Waals surface area (Å²) in [6, 6.07) is 8.58. The second-order valence-electron chi connectivity index (χ2n) is 5.85. The summed E-state index contributed by atoms with van der Waals surface area (Å²) in [7, 11) is 1.70. The molecule has 138 valence electrons. The molecule has 2 aromatic rings. The average Bonchev–Trinajstić information content (AvgIpc) is 3.12. The van der Waals surface area contributed by atoms with Crippen LogP contribution in [0, 0.1) is 5.82 Å². The first kappa shape index (κ1) is 18.5. The summed E-state index contributed by atoms with van der Waals surface area (Å²) < 4.78 is 25.3. The maximum atomic E-state index is 14.3. The van der Waals surface area contributed by atoms with Crippen molar-refractivity contribution in [2.75, 3.05) is 33.4 Å². The molecule has 2 N–H and O–H groups in total. The molecular formula is C18H21FN4O2S. The lowest BCUT2D eigenvalue weighted by Crippen LogP contribution is -2.35. The number of hydrazone groups is 1. The van der Waals surface area contributed by atoms with Gasteiger partial charge in [0.25, 0.3) is 0 Å². The van der Waals surface area contributed by atoms with Crippen molar-refractivity contribution in [3.05, 3.63) is 47.5 Å². The van der Waals surface area contributed by atoms with Gasteiger partial charge in [-0.05, 0) is 42.0 Å². The van der Waals surface area contributed by atoms with Crippen molar-refractivity contribution in [2.45, 2.75) is 6.54 Å². The van der Waals surface area contributed by atoms with E-state index in [2.05, 4.69) is 20.7 Å². The van der Waals surface area contributed by atoms with Crippen LogP contribution in [-0.4, -0.2) is 49.6 Å². The van der Waals surface area contributed by atoms with Crippen LogP contribution in [0.5, 0.6) is 0 Å². The Morgan fingerprint density at radius 3 is 2.88 bits per heavy atom. The summed E-state index contributed by atoms with van der Waals surface area (Å²) in [5, 5.41) is 7.09. The van der Waals surface area contributed by atoms with Crippen LogP contribution in [0.25, 0.3) is 11.3 Å². The maximum Gasteiger partial charge on any atom is 0.186 e. The molecule has 1 aromatic heterocycles. The van der Waals surface area contributed by atoms with Crippen LogP contribution >= 0.6 is 12.2 Å². The van der Waals surface area contributed by atoms with E-state index in [-0.39, 0.29) is 5.82 Å². The van der Waals surface area contributed by atoms with E-state index in [1.54, 1.807) is 19.2 Å². The van der Waals surface area contributed by atoms with Gasteiger partial charge in [-0.15, -0.1) is 0 Å². The van der Waals surface area contributed by atoms with Crippen molar-refractivity contribution in [3.63, 3.8) is 0 Å².